The first-order valence-corrected chi connectivity index (χ1v) is 10.2. The number of hydrogen-bond acceptors (Lipinski definition) is 3. The molecule has 1 aromatic rings. The number of anilines is 1. The molecule has 1 aromatic carbocycles. The molecular formula is C22H30N2O3. The van der Waals surface area contributed by atoms with Crippen LogP contribution in [0, 0.1) is 0 Å². The normalized spacial score (nSPS) is 22.4. The van der Waals surface area contributed by atoms with Gasteiger partial charge in [-0.3, -0.25) is 4.79 Å². The monoisotopic (exact) mass is 370 g/mol. The lowest BCUT2D eigenvalue weighted by Gasteiger charge is -2.38. The molecule has 4 rings (SSSR count). The Bertz CT molecular complexity index is 738. The Labute approximate surface area is 161 Å². The fourth-order valence-electron chi connectivity index (χ4n) is 5.00. The van der Waals surface area contributed by atoms with Crippen molar-refractivity contribution in [2.24, 2.45) is 0 Å². The lowest BCUT2D eigenvalue weighted by Crippen LogP contribution is -2.51. The van der Waals surface area contributed by atoms with Crippen molar-refractivity contribution in [2.45, 2.75) is 76.4 Å². The van der Waals surface area contributed by atoms with Gasteiger partial charge in [-0.25, -0.2) is 4.79 Å². The Hall–Kier alpha value is -2.04. The second-order valence-electron chi connectivity index (χ2n) is 9.18. The zero-order valence-corrected chi connectivity index (χ0v) is 16.7. The Kier molecular flexibility index (Phi) is 4.44. The third-order valence-corrected chi connectivity index (χ3v) is 6.25. The predicted octanol–water partition coefficient (Wildman–Crippen LogP) is 4.24. The molecule has 5 nitrogen and oxygen atoms in total. The highest BCUT2D eigenvalue weighted by Gasteiger charge is 2.53. The Balaban J connectivity index is 1.51. The summed E-state index contributed by atoms with van der Waals surface area (Å²) in [5.41, 5.74) is 1.55. The number of hydrogen-bond donors (Lipinski definition) is 0. The van der Waals surface area contributed by atoms with E-state index in [0.29, 0.717) is 13.1 Å². The van der Waals surface area contributed by atoms with Crippen LogP contribution in [0.3, 0.4) is 0 Å². The van der Waals surface area contributed by atoms with Crippen LogP contribution in [0.4, 0.5) is 10.5 Å². The molecule has 0 atom stereocenters. The summed E-state index contributed by atoms with van der Waals surface area (Å²) in [4.78, 5) is 29.7. The van der Waals surface area contributed by atoms with Gasteiger partial charge in [0.25, 0.3) is 0 Å². The number of carbonyl (C=O) groups excluding carboxylic acids is 2. The largest absolute Gasteiger partial charge is 0.444 e. The number of piperidine rings is 1. The smallest absolute Gasteiger partial charge is 0.410 e. The number of rotatable bonds is 1. The zero-order chi connectivity index (χ0) is 19.2. The standard InChI is InChI=1S/C22H30N2O3/c1-21(2,3)27-20(26)23-14-10-16(11-15-23)24-18-9-5-4-8-17(18)22(19(24)25)12-6-7-13-22/h4-5,8-9,16H,6-7,10-15H2,1-3H3. The van der Waals surface area contributed by atoms with Crippen LogP contribution >= 0.6 is 0 Å². The number of carbonyl (C=O) groups is 2. The molecule has 27 heavy (non-hydrogen) atoms. The molecule has 1 saturated heterocycles. The number of fused-ring (bicyclic) bond motifs is 2. The fraction of sp³-hybridized carbons (Fsp3) is 0.636. The van der Waals surface area contributed by atoms with Gasteiger partial charge in [-0.1, -0.05) is 31.0 Å². The molecule has 1 spiro atoms. The molecule has 5 heteroatoms. The summed E-state index contributed by atoms with van der Waals surface area (Å²) in [7, 11) is 0. The van der Waals surface area contributed by atoms with E-state index in [4.69, 9.17) is 4.74 Å². The molecule has 0 bridgehead atoms. The van der Waals surface area contributed by atoms with Crippen LogP contribution in [-0.2, 0) is 14.9 Å². The quantitative estimate of drug-likeness (QED) is 0.743. The summed E-state index contributed by atoms with van der Waals surface area (Å²) >= 11 is 0. The molecule has 2 aliphatic heterocycles. The minimum Gasteiger partial charge on any atom is -0.444 e. The molecular weight excluding hydrogens is 340 g/mol. The van der Waals surface area contributed by atoms with E-state index in [1.807, 2.05) is 26.8 Å². The minimum atomic E-state index is -0.480. The summed E-state index contributed by atoms with van der Waals surface area (Å²) in [6.07, 6.45) is 5.55. The van der Waals surface area contributed by atoms with Gasteiger partial charge in [0.05, 0.1) is 5.41 Å². The van der Waals surface area contributed by atoms with E-state index in [0.717, 1.165) is 44.2 Å². The van der Waals surface area contributed by atoms with Crippen LogP contribution < -0.4 is 4.90 Å². The Morgan fingerprint density at radius 2 is 1.74 bits per heavy atom. The van der Waals surface area contributed by atoms with Crippen molar-refractivity contribution >= 4 is 17.7 Å². The predicted molar refractivity (Wildman–Crippen MR) is 105 cm³/mol. The van der Waals surface area contributed by atoms with Crippen molar-refractivity contribution in [1.82, 2.24) is 4.90 Å². The van der Waals surface area contributed by atoms with Crippen LogP contribution in [-0.4, -0.2) is 41.6 Å². The molecule has 0 N–H and O–H groups in total. The molecule has 1 aliphatic carbocycles. The SMILES string of the molecule is CC(C)(C)OC(=O)N1CCC(N2C(=O)C3(CCCC3)c3ccccc32)CC1. The van der Waals surface area contributed by atoms with Gasteiger partial charge >= 0.3 is 6.09 Å². The van der Waals surface area contributed by atoms with Crippen molar-refractivity contribution < 1.29 is 14.3 Å². The van der Waals surface area contributed by atoms with Crippen molar-refractivity contribution in [3.63, 3.8) is 0 Å². The zero-order valence-electron chi connectivity index (χ0n) is 16.7. The average molecular weight is 370 g/mol. The highest BCUT2D eigenvalue weighted by molar-refractivity contribution is 6.08. The minimum absolute atomic E-state index is 0.164. The second-order valence-corrected chi connectivity index (χ2v) is 9.18. The van der Waals surface area contributed by atoms with Crippen molar-refractivity contribution in [3.8, 4) is 0 Å². The maximum absolute atomic E-state index is 13.5. The van der Waals surface area contributed by atoms with Gasteiger partial charge in [0.1, 0.15) is 5.60 Å². The highest BCUT2D eigenvalue weighted by atomic mass is 16.6. The number of ether oxygens (including phenoxy) is 1. The Morgan fingerprint density at radius 3 is 2.37 bits per heavy atom. The first-order chi connectivity index (χ1) is 12.8. The lowest BCUT2D eigenvalue weighted by atomic mass is 9.80. The lowest BCUT2D eigenvalue weighted by molar-refractivity contribution is -0.123. The Morgan fingerprint density at radius 1 is 1.11 bits per heavy atom. The van der Waals surface area contributed by atoms with E-state index >= 15 is 0 Å². The fourth-order valence-corrected chi connectivity index (χ4v) is 5.00. The van der Waals surface area contributed by atoms with Crippen LogP contribution in [0.5, 0.6) is 0 Å². The highest BCUT2D eigenvalue weighted by Crippen LogP contribution is 2.52. The van der Waals surface area contributed by atoms with Gasteiger partial charge in [-0.2, -0.15) is 0 Å². The first-order valence-electron chi connectivity index (χ1n) is 10.2. The van der Waals surface area contributed by atoms with Crippen molar-refractivity contribution in [3.05, 3.63) is 29.8 Å². The third kappa shape index (κ3) is 3.11. The van der Waals surface area contributed by atoms with E-state index in [2.05, 4.69) is 23.1 Å². The summed E-state index contributed by atoms with van der Waals surface area (Å²) in [5, 5.41) is 0. The maximum atomic E-state index is 13.5. The number of benzene rings is 1. The topological polar surface area (TPSA) is 49.9 Å². The van der Waals surface area contributed by atoms with Gasteiger partial charge < -0.3 is 14.5 Å². The van der Waals surface area contributed by atoms with E-state index < -0.39 is 5.60 Å². The molecule has 0 aromatic heterocycles. The van der Waals surface area contributed by atoms with E-state index in [-0.39, 0.29) is 23.5 Å². The van der Waals surface area contributed by atoms with E-state index in [1.54, 1.807) is 4.90 Å². The molecule has 146 valence electrons. The van der Waals surface area contributed by atoms with Crippen LogP contribution in [0.15, 0.2) is 24.3 Å². The van der Waals surface area contributed by atoms with E-state index in [1.165, 1.54) is 5.56 Å². The molecule has 2 amide bonds. The summed E-state index contributed by atoms with van der Waals surface area (Å²) < 4.78 is 5.50. The second kappa shape index (κ2) is 6.54. The number of likely N-dealkylation sites (tertiary alicyclic amines) is 1. The van der Waals surface area contributed by atoms with Gasteiger partial charge in [0, 0.05) is 24.8 Å². The number of amides is 2. The van der Waals surface area contributed by atoms with Gasteiger partial charge in [0.15, 0.2) is 0 Å². The summed E-state index contributed by atoms with van der Waals surface area (Å²) in [6.45, 7) is 6.94. The van der Waals surface area contributed by atoms with Crippen molar-refractivity contribution in [2.75, 3.05) is 18.0 Å². The number of nitrogens with zero attached hydrogens (tertiary/aromatic N) is 2. The van der Waals surface area contributed by atoms with Crippen LogP contribution in [0.2, 0.25) is 0 Å². The number of para-hydroxylation sites is 1. The van der Waals surface area contributed by atoms with E-state index in [9.17, 15) is 9.59 Å². The van der Waals surface area contributed by atoms with Crippen LogP contribution in [0.25, 0.3) is 0 Å². The van der Waals surface area contributed by atoms with Gasteiger partial charge in [-0.05, 0) is 58.1 Å². The van der Waals surface area contributed by atoms with Crippen LogP contribution in [0.1, 0.15) is 64.9 Å². The maximum Gasteiger partial charge on any atom is 0.410 e. The van der Waals surface area contributed by atoms with Gasteiger partial charge in [-0.15, -0.1) is 0 Å². The molecule has 2 heterocycles. The van der Waals surface area contributed by atoms with Gasteiger partial charge in [0.2, 0.25) is 5.91 Å². The average Bonchev–Trinajstić information content (AvgIpc) is 3.20. The van der Waals surface area contributed by atoms with Crippen molar-refractivity contribution in [1.29, 1.82) is 0 Å². The third-order valence-electron chi connectivity index (χ3n) is 6.25. The molecule has 0 unspecified atom stereocenters. The summed E-state index contributed by atoms with van der Waals surface area (Å²) in [5.74, 6) is 0.289. The molecule has 1 saturated carbocycles. The first kappa shape index (κ1) is 18.3. The summed E-state index contributed by atoms with van der Waals surface area (Å²) in [6, 6.07) is 8.50. The molecule has 0 radical (unpaired) electrons. The molecule has 3 aliphatic rings. The molecule has 2 fully saturated rings.